The lowest BCUT2D eigenvalue weighted by Gasteiger charge is -2.29. The normalized spacial score (nSPS) is 20.8. The Morgan fingerprint density at radius 3 is 2.58 bits per heavy atom. The van der Waals surface area contributed by atoms with Crippen molar-refractivity contribution in [2.24, 2.45) is 0 Å². The molecule has 10 nitrogen and oxygen atoms in total. The van der Waals surface area contributed by atoms with E-state index in [9.17, 15) is 18.0 Å². The largest absolute Gasteiger partial charge is 0.459 e. The lowest BCUT2D eigenvalue weighted by atomic mass is 10.1. The number of carbonyl (C=O) groups is 2. The van der Waals surface area contributed by atoms with Crippen molar-refractivity contribution in [3.8, 4) is 0 Å². The summed E-state index contributed by atoms with van der Waals surface area (Å²) in [5.41, 5.74) is 0.327. The molecule has 4 heterocycles. The van der Waals surface area contributed by atoms with Crippen LogP contribution in [0.3, 0.4) is 0 Å². The van der Waals surface area contributed by atoms with Gasteiger partial charge >= 0.3 is 0 Å². The Kier molecular flexibility index (Phi) is 5.89. The quantitative estimate of drug-likeness (QED) is 0.691. The van der Waals surface area contributed by atoms with Gasteiger partial charge in [-0.05, 0) is 45.2 Å². The lowest BCUT2D eigenvalue weighted by molar-refractivity contribution is -0.135. The van der Waals surface area contributed by atoms with Gasteiger partial charge in [-0.25, -0.2) is 8.42 Å². The Morgan fingerprint density at radius 2 is 1.90 bits per heavy atom. The van der Waals surface area contributed by atoms with Gasteiger partial charge in [-0.2, -0.15) is 4.31 Å². The van der Waals surface area contributed by atoms with Crippen LogP contribution in [-0.4, -0.2) is 78.3 Å². The molecule has 0 saturated carbocycles. The van der Waals surface area contributed by atoms with E-state index in [4.69, 9.17) is 8.94 Å². The van der Waals surface area contributed by atoms with Crippen LogP contribution in [0.5, 0.6) is 0 Å². The second-order valence-electron chi connectivity index (χ2n) is 7.87. The Labute approximate surface area is 180 Å². The minimum absolute atomic E-state index is 0.0956. The number of amides is 2. The van der Waals surface area contributed by atoms with Crippen LogP contribution < -0.4 is 0 Å². The first-order valence-corrected chi connectivity index (χ1v) is 11.8. The van der Waals surface area contributed by atoms with E-state index >= 15 is 0 Å². The minimum Gasteiger partial charge on any atom is -0.459 e. The van der Waals surface area contributed by atoms with Gasteiger partial charge in [-0.3, -0.25) is 9.59 Å². The molecule has 0 aromatic carbocycles. The van der Waals surface area contributed by atoms with Crippen LogP contribution in [0.2, 0.25) is 0 Å². The van der Waals surface area contributed by atoms with Gasteiger partial charge < -0.3 is 18.7 Å². The van der Waals surface area contributed by atoms with Crippen LogP contribution >= 0.6 is 0 Å². The zero-order valence-electron chi connectivity index (χ0n) is 17.6. The molecule has 0 bridgehead atoms. The van der Waals surface area contributed by atoms with Crippen LogP contribution in [0.25, 0.3) is 0 Å². The number of aromatic nitrogens is 1. The molecule has 2 aliphatic heterocycles. The highest BCUT2D eigenvalue weighted by Crippen LogP contribution is 2.26. The molecule has 0 spiro atoms. The number of aryl methyl sites for hydroxylation is 2. The summed E-state index contributed by atoms with van der Waals surface area (Å²) >= 11 is 0. The van der Waals surface area contributed by atoms with Crippen molar-refractivity contribution < 1.29 is 26.9 Å². The van der Waals surface area contributed by atoms with Gasteiger partial charge in [-0.1, -0.05) is 5.16 Å². The average Bonchev–Trinajstić information content (AvgIpc) is 3.46. The summed E-state index contributed by atoms with van der Waals surface area (Å²) in [4.78, 5) is 29.3. The van der Waals surface area contributed by atoms with Crippen molar-refractivity contribution in [3.05, 3.63) is 35.6 Å². The molecule has 0 unspecified atom stereocenters. The van der Waals surface area contributed by atoms with Gasteiger partial charge in [0, 0.05) is 32.7 Å². The molecule has 2 aromatic heterocycles. The lowest BCUT2D eigenvalue weighted by Crippen LogP contribution is -2.48. The molecule has 168 valence electrons. The standard InChI is InChI=1S/C20H26N4O6S/c1-14-18(15(2)30-21-14)31(27,28)23-9-5-8-22(11-12-23)19(25)16-6-3-10-24(16)20(26)17-7-4-13-29-17/h4,7,13,16H,3,5-6,8-12H2,1-2H3/t16-/m0/s1. The van der Waals surface area contributed by atoms with Crippen LogP contribution in [-0.2, 0) is 14.8 Å². The zero-order chi connectivity index (χ0) is 22.2. The zero-order valence-corrected chi connectivity index (χ0v) is 18.4. The van der Waals surface area contributed by atoms with E-state index in [0.29, 0.717) is 38.2 Å². The number of carbonyl (C=O) groups excluding carboxylic acids is 2. The minimum atomic E-state index is -3.76. The molecule has 31 heavy (non-hydrogen) atoms. The molecular weight excluding hydrogens is 424 g/mol. The van der Waals surface area contributed by atoms with E-state index in [0.717, 1.165) is 6.42 Å². The highest BCUT2D eigenvalue weighted by atomic mass is 32.2. The molecule has 0 N–H and O–H groups in total. The van der Waals surface area contributed by atoms with E-state index in [1.807, 2.05) is 0 Å². The molecule has 0 aliphatic carbocycles. The van der Waals surface area contributed by atoms with Gasteiger partial charge in [0.05, 0.1) is 6.26 Å². The fourth-order valence-electron chi connectivity index (χ4n) is 4.35. The maximum absolute atomic E-state index is 13.2. The fourth-order valence-corrected chi connectivity index (χ4v) is 6.11. The molecule has 1 atom stereocenters. The summed E-state index contributed by atoms with van der Waals surface area (Å²) in [6, 6.07) is 2.68. The maximum Gasteiger partial charge on any atom is 0.290 e. The third-order valence-corrected chi connectivity index (χ3v) is 8.01. The van der Waals surface area contributed by atoms with Gasteiger partial charge in [0.15, 0.2) is 11.5 Å². The van der Waals surface area contributed by atoms with Crippen molar-refractivity contribution in [1.29, 1.82) is 0 Å². The van der Waals surface area contributed by atoms with Crippen molar-refractivity contribution in [2.45, 2.75) is 44.0 Å². The first-order chi connectivity index (χ1) is 14.8. The molecular formula is C20H26N4O6S. The molecule has 2 aromatic rings. The molecule has 2 saturated heterocycles. The van der Waals surface area contributed by atoms with Crippen molar-refractivity contribution in [3.63, 3.8) is 0 Å². The molecule has 2 fully saturated rings. The van der Waals surface area contributed by atoms with E-state index in [2.05, 4.69) is 5.16 Å². The summed E-state index contributed by atoms with van der Waals surface area (Å²) in [5.74, 6) is 0.0345. The molecule has 4 rings (SSSR count). The second-order valence-corrected chi connectivity index (χ2v) is 9.74. The van der Waals surface area contributed by atoms with Crippen LogP contribution in [0, 0.1) is 13.8 Å². The molecule has 2 amide bonds. The average molecular weight is 451 g/mol. The van der Waals surface area contributed by atoms with Gasteiger partial charge in [-0.15, -0.1) is 0 Å². The Balaban J connectivity index is 1.46. The van der Waals surface area contributed by atoms with Crippen molar-refractivity contribution in [2.75, 3.05) is 32.7 Å². The summed E-state index contributed by atoms with van der Waals surface area (Å²) in [6.45, 7) is 4.85. The first-order valence-electron chi connectivity index (χ1n) is 10.4. The third kappa shape index (κ3) is 3.99. The smallest absolute Gasteiger partial charge is 0.290 e. The van der Waals surface area contributed by atoms with E-state index in [1.165, 1.54) is 10.6 Å². The van der Waals surface area contributed by atoms with Crippen molar-refractivity contribution in [1.82, 2.24) is 19.3 Å². The SMILES string of the molecule is Cc1noc(C)c1S(=O)(=O)N1CCCN(C(=O)[C@@H]2CCCN2C(=O)c2ccco2)CC1. The highest BCUT2D eigenvalue weighted by molar-refractivity contribution is 7.89. The number of furan rings is 1. The summed E-state index contributed by atoms with van der Waals surface area (Å²) in [5, 5.41) is 3.75. The monoisotopic (exact) mass is 450 g/mol. The van der Waals surface area contributed by atoms with E-state index in [1.54, 1.807) is 35.8 Å². The molecule has 0 radical (unpaired) electrons. The summed E-state index contributed by atoms with van der Waals surface area (Å²) < 4.78 is 37.8. The topological polar surface area (TPSA) is 117 Å². The second kappa shape index (κ2) is 8.46. The number of likely N-dealkylation sites (tertiary alicyclic amines) is 1. The van der Waals surface area contributed by atoms with Gasteiger partial charge in [0.1, 0.15) is 16.6 Å². The van der Waals surface area contributed by atoms with E-state index < -0.39 is 16.1 Å². The predicted molar refractivity (Wildman–Crippen MR) is 109 cm³/mol. The maximum atomic E-state index is 13.2. The molecule has 2 aliphatic rings. The predicted octanol–water partition coefficient (Wildman–Crippen LogP) is 1.41. The fraction of sp³-hybridized carbons (Fsp3) is 0.550. The first kappa shape index (κ1) is 21.6. The van der Waals surface area contributed by atoms with Crippen molar-refractivity contribution >= 4 is 21.8 Å². The Morgan fingerprint density at radius 1 is 1.10 bits per heavy atom. The number of hydrogen-bond donors (Lipinski definition) is 0. The summed E-state index contributed by atoms with van der Waals surface area (Å²) in [7, 11) is -3.76. The van der Waals surface area contributed by atoms with E-state index in [-0.39, 0.29) is 41.3 Å². The number of sulfonamides is 1. The molecule has 11 heteroatoms. The van der Waals surface area contributed by atoms with Gasteiger partial charge in [0.25, 0.3) is 5.91 Å². The Hall–Kier alpha value is -2.66. The number of nitrogens with zero attached hydrogens (tertiary/aromatic N) is 4. The van der Waals surface area contributed by atoms with Crippen LogP contribution in [0.4, 0.5) is 0 Å². The number of hydrogen-bond acceptors (Lipinski definition) is 7. The van der Waals surface area contributed by atoms with Gasteiger partial charge in [0.2, 0.25) is 15.9 Å². The van der Waals surface area contributed by atoms with Crippen LogP contribution in [0.1, 0.15) is 41.3 Å². The summed E-state index contributed by atoms with van der Waals surface area (Å²) in [6.07, 6.45) is 3.27. The third-order valence-electron chi connectivity index (χ3n) is 5.86. The number of rotatable bonds is 4. The van der Waals surface area contributed by atoms with Crippen LogP contribution in [0.15, 0.2) is 32.2 Å². The Bertz CT molecular complexity index is 1040. The highest BCUT2D eigenvalue weighted by Gasteiger charge is 2.39.